The molecule has 2 rings (SSSR count). The largest absolute Gasteiger partial charge is 0.483 e. The lowest BCUT2D eigenvalue weighted by molar-refractivity contribution is -0.140. The third kappa shape index (κ3) is 2.80. The Morgan fingerprint density at radius 2 is 2.17 bits per heavy atom. The summed E-state index contributed by atoms with van der Waals surface area (Å²) >= 11 is 0. The van der Waals surface area contributed by atoms with Crippen LogP contribution in [0.2, 0.25) is 0 Å². The molecule has 0 aromatic heterocycles. The highest BCUT2D eigenvalue weighted by atomic mass is 16.5. The van der Waals surface area contributed by atoms with Crippen LogP contribution in [-0.4, -0.2) is 42.2 Å². The van der Waals surface area contributed by atoms with Gasteiger partial charge in [-0.05, 0) is 6.07 Å². The maximum Gasteiger partial charge on any atom is 0.260 e. The molecule has 1 saturated heterocycles. The highest BCUT2D eigenvalue weighted by Crippen LogP contribution is 2.18. The number of aliphatic hydroxyl groups excluding tert-OH is 1. The van der Waals surface area contributed by atoms with Crippen molar-refractivity contribution in [1.82, 2.24) is 4.90 Å². The van der Waals surface area contributed by atoms with Gasteiger partial charge in [0.2, 0.25) is 0 Å². The summed E-state index contributed by atoms with van der Waals surface area (Å²) in [5.41, 5.74) is 6.48. The molecule has 0 aliphatic carbocycles. The topological polar surface area (TPSA) is 75.8 Å². The van der Waals surface area contributed by atoms with E-state index in [1.807, 2.05) is 24.3 Å². The first-order chi connectivity index (χ1) is 8.74. The van der Waals surface area contributed by atoms with Crippen molar-refractivity contribution in [2.24, 2.45) is 11.7 Å². The van der Waals surface area contributed by atoms with Crippen LogP contribution in [0.4, 0.5) is 0 Å². The summed E-state index contributed by atoms with van der Waals surface area (Å²) in [6, 6.07) is 7.43. The molecule has 0 spiro atoms. The number of aliphatic hydroxyl groups is 1. The fraction of sp³-hybridized carbons (Fsp3) is 0.462. The van der Waals surface area contributed by atoms with Gasteiger partial charge < -0.3 is 20.5 Å². The molecule has 0 atom stereocenters. The molecule has 1 amide bonds. The van der Waals surface area contributed by atoms with Crippen molar-refractivity contribution in [3.8, 4) is 5.75 Å². The molecule has 0 bridgehead atoms. The first-order valence-electron chi connectivity index (χ1n) is 6.04. The van der Waals surface area contributed by atoms with Crippen LogP contribution in [0.1, 0.15) is 5.56 Å². The van der Waals surface area contributed by atoms with Crippen LogP contribution in [0.25, 0.3) is 0 Å². The molecule has 98 valence electrons. The van der Waals surface area contributed by atoms with Crippen molar-refractivity contribution in [2.45, 2.75) is 6.54 Å². The van der Waals surface area contributed by atoms with Crippen LogP contribution in [0.3, 0.4) is 0 Å². The average molecular weight is 250 g/mol. The SMILES string of the molecule is NCc1ccccc1OCC(=O)N1CC(CO)C1. The number of amides is 1. The maximum atomic E-state index is 11.7. The van der Waals surface area contributed by atoms with Gasteiger partial charge in [0, 0.05) is 37.7 Å². The second kappa shape index (κ2) is 5.84. The standard InChI is InChI=1S/C13H18N2O3/c14-5-11-3-1-2-4-12(11)18-9-13(17)15-6-10(7-15)8-16/h1-4,10,16H,5-9,14H2. The van der Waals surface area contributed by atoms with Crippen molar-refractivity contribution in [3.05, 3.63) is 29.8 Å². The van der Waals surface area contributed by atoms with Crippen LogP contribution in [0.15, 0.2) is 24.3 Å². The van der Waals surface area contributed by atoms with Crippen LogP contribution >= 0.6 is 0 Å². The van der Waals surface area contributed by atoms with Gasteiger partial charge >= 0.3 is 0 Å². The highest BCUT2D eigenvalue weighted by Gasteiger charge is 2.29. The molecule has 1 heterocycles. The summed E-state index contributed by atoms with van der Waals surface area (Å²) in [7, 11) is 0. The molecule has 5 heteroatoms. The minimum atomic E-state index is -0.0495. The van der Waals surface area contributed by atoms with Crippen molar-refractivity contribution in [3.63, 3.8) is 0 Å². The monoisotopic (exact) mass is 250 g/mol. The molecule has 18 heavy (non-hydrogen) atoms. The molecule has 0 radical (unpaired) electrons. The first-order valence-corrected chi connectivity index (χ1v) is 6.04. The molecular formula is C13H18N2O3. The van der Waals surface area contributed by atoms with Crippen molar-refractivity contribution in [2.75, 3.05) is 26.3 Å². The normalized spacial score (nSPS) is 15.3. The quantitative estimate of drug-likeness (QED) is 0.769. The molecule has 1 fully saturated rings. The third-order valence-corrected chi connectivity index (χ3v) is 3.11. The molecule has 0 saturated carbocycles. The molecule has 1 aliphatic rings. The van der Waals surface area contributed by atoms with Gasteiger partial charge in [0.15, 0.2) is 6.61 Å². The van der Waals surface area contributed by atoms with E-state index in [1.54, 1.807) is 4.90 Å². The van der Waals surface area contributed by atoms with E-state index in [2.05, 4.69) is 0 Å². The number of nitrogens with zero attached hydrogens (tertiary/aromatic N) is 1. The van der Waals surface area contributed by atoms with Gasteiger partial charge in [-0.15, -0.1) is 0 Å². The van der Waals surface area contributed by atoms with Crippen molar-refractivity contribution < 1.29 is 14.6 Å². The number of ether oxygens (including phenoxy) is 1. The van der Waals surface area contributed by atoms with Crippen LogP contribution in [0, 0.1) is 5.92 Å². The van der Waals surface area contributed by atoms with Gasteiger partial charge in [-0.2, -0.15) is 0 Å². The van der Waals surface area contributed by atoms with Gasteiger partial charge in [-0.3, -0.25) is 4.79 Å². The number of para-hydroxylation sites is 1. The number of hydrogen-bond donors (Lipinski definition) is 2. The van der Waals surface area contributed by atoms with E-state index in [-0.39, 0.29) is 25.0 Å². The molecule has 0 unspecified atom stereocenters. The van der Waals surface area contributed by atoms with Crippen molar-refractivity contribution >= 4 is 5.91 Å². The van der Waals surface area contributed by atoms with Gasteiger partial charge in [0.1, 0.15) is 5.75 Å². The summed E-state index contributed by atoms with van der Waals surface area (Å²) in [5, 5.41) is 8.88. The zero-order valence-electron chi connectivity index (χ0n) is 10.2. The summed E-state index contributed by atoms with van der Waals surface area (Å²) in [6.45, 7) is 1.80. The Kier molecular flexibility index (Phi) is 4.17. The minimum absolute atomic E-state index is 0.0230. The lowest BCUT2D eigenvalue weighted by Gasteiger charge is -2.38. The van der Waals surface area contributed by atoms with Crippen LogP contribution in [-0.2, 0) is 11.3 Å². The Morgan fingerprint density at radius 1 is 1.44 bits per heavy atom. The van der Waals surface area contributed by atoms with Crippen molar-refractivity contribution in [1.29, 1.82) is 0 Å². The molecule has 1 aromatic carbocycles. The van der Waals surface area contributed by atoms with E-state index in [4.69, 9.17) is 15.6 Å². The number of benzene rings is 1. The zero-order chi connectivity index (χ0) is 13.0. The number of nitrogens with two attached hydrogens (primary N) is 1. The Hall–Kier alpha value is -1.59. The van der Waals surface area contributed by atoms with E-state index in [0.717, 1.165) is 5.56 Å². The average Bonchev–Trinajstić information content (AvgIpc) is 2.35. The van der Waals surface area contributed by atoms with E-state index in [9.17, 15) is 4.79 Å². The van der Waals surface area contributed by atoms with Crippen LogP contribution < -0.4 is 10.5 Å². The second-order valence-corrected chi connectivity index (χ2v) is 4.45. The number of carbonyl (C=O) groups is 1. The zero-order valence-corrected chi connectivity index (χ0v) is 10.2. The number of likely N-dealkylation sites (tertiary alicyclic amines) is 1. The third-order valence-electron chi connectivity index (χ3n) is 3.11. The van der Waals surface area contributed by atoms with E-state index in [1.165, 1.54) is 0 Å². The molecule has 3 N–H and O–H groups in total. The van der Waals surface area contributed by atoms with E-state index in [0.29, 0.717) is 25.4 Å². The fourth-order valence-corrected chi connectivity index (χ4v) is 1.93. The van der Waals surface area contributed by atoms with Crippen LogP contribution in [0.5, 0.6) is 5.75 Å². The summed E-state index contributed by atoms with van der Waals surface area (Å²) in [5.74, 6) is 0.837. The van der Waals surface area contributed by atoms with Gasteiger partial charge in [-0.1, -0.05) is 18.2 Å². The smallest absolute Gasteiger partial charge is 0.260 e. The second-order valence-electron chi connectivity index (χ2n) is 4.45. The number of rotatable bonds is 5. The van der Waals surface area contributed by atoms with Gasteiger partial charge in [0.05, 0.1) is 0 Å². The molecule has 1 aromatic rings. The Labute approximate surface area is 106 Å². The Bertz CT molecular complexity index is 416. The number of carbonyl (C=O) groups excluding carboxylic acids is 1. The maximum absolute atomic E-state index is 11.7. The van der Waals surface area contributed by atoms with E-state index < -0.39 is 0 Å². The summed E-state index contributed by atoms with van der Waals surface area (Å²) < 4.78 is 5.48. The molecular weight excluding hydrogens is 232 g/mol. The predicted octanol–water partition coefficient (Wildman–Crippen LogP) is -0.0252. The highest BCUT2D eigenvalue weighted by molar-refractivity contribution is 5.78. The fourth-order valence-electron chi connectivity index (χ4n) is 1.93. The Morgan fingerprint density at radius 3 is 2.83 bits per heavy atom. The minimum Gasteiger partial charge on any atom is -0.483 e. The first kappa shape index (κ1) is 12.9. The number of hydrogen-bond acceptors (Lipinski definition) is 4. The Balaban J connectivity index is 1.83. The summed E-state index contributed by atoms with van der Waals surface area (Å²) in [4.78, 5) is 13.4. The molecule has 1 aliphatic heterocycles. The van der Waals surface area contributed by atoms with Gasteiger partial charge in [-0.25, -0.2) is 0 Å². The summed E-state index contributed by atoms with van der Waals surface area (Å²) in [6.07, 6.45) is 0. The lowest BCUT2D eigenvalue weighted by Crippen LogP contribution is -2.52. The molecule has 5 nitrogen and oxygen atoms in total. The predicted molar refractivity (Wildman–Crippen MR) is 67.0 cm³/mol. The van der Waals surface area contributed by atoms with Gasteiger partial charge in [0.25, 0.3) is 5.91 Å². The van der Waals surface area contributed by atoms with E-state index >= 15 is 0 Å². The lowest BCUT2D eigenvalue weighted by atomic mass is 10.0.